The van der Waals surface area contributed by atoms with Crippen molar-refractivity contribution in [1.29, 1.82) is 0 Å². The third-order valence-corrected chi connectivity index (χ3v) is 7.11. The zero-order chi connectivity index (χ0) is 29.3. The summed E-state index contributed by atoms with van der Waals surface area (Å²) in [4.78, 5) is 28.3. The van der Waals surface area contributed by atoms with Crippen LogP contribution in [0.3, 0.4) is 0 Å². The lowest BCUT2D eigenvalue weighted by Gasteiger charge is -2.33. The van der Waals surface area contributed by atoms with Gasteiger partial charge in [0.1, 0.15) is 11.2 Å². The van der Waals surface area contributed by atoms with Crippen LogP contribution in [0.1, 0.15) is 79.2 Å². The van der Waals surface area contributed by atoms with Gasteiger partial charge < -0.3 is 33.9 Å². The van der Waals surface area contributed by atoms with E-state index >= 15 is 0 Å². The van der Waals surface area contributed by atoms with Crippen molar-refractivity contribution >= 4 is 12.2 Å². The molecule has 2 saturated heterocycles. The minimum absolute atomic E-state index is 0.145. The van der Waals surface area contributed by atoms with Crippen LogP contribution in [-0.4, -0.2) is 84.3 Å². The third kappa shape index (κ3) is 10.7. The van der Waals surface area contributed by atoms with E-state index < -0.39 is 11.2 Å². The summed E-state index contributed by atoms with van der Waals surface area (Å²) in [6, 6.07) is 6.01. The van der Waals surface area contributed by atoms with Gasteiger partial charge in [0.25, 0.3) is 0 Å². The van der Waals surface area contributed by atoms with Gasteiger partial charge in [-0.15, -0.1) is 0 Å². The molecule has 1 aromatic carbocycles. The van der Waals surface area contributed by atoms with Gasteiger partial charge in [0.15, 0.2) is 11.5 Å². The van der Waals surface area contributed by atoms with Crippen LogP contribution in [-0.2, 0) is 15.9 Å². The van der Waals surface area contributed by atoms with Gasteiger partial charge in [0, 0.05) is 32.8 Å². The van der Waals surface area contributed by atoms with Crippen molar-refractivity contribution < 1.29 is 33.6 Å². The summed E-state index contributed by atoms with van der Waals surface area (Å²) >= 11 is 0. The molecule has 9 heteroatoms. The number of hydrogen-bond donors (Lipinski definition) is 1. The topological polar surface area (TPSA) is 97.8 Å². The molecule has 40 heavy (non-hydrogen) atoms. The number of benzene rings is 1. The molecule has 0 bridgehead atoms. The fourth-order valence-corrected chi connectivity index (χ4v) is 4.86. The highest BCUT2D eigenvalue weighted by molar-refractivity contribution is 5.68. The first-order chi connectivity index (χ1) is 18.8. The Labute approximate surface area is 240 Å². The van der Waals surface area contributed by atoms with Crippen molar-refractivity contribution in [3.8, 4) is 11.5 Å². The number of aliphatic hydroxyl groups is 1. The monoisotopic (exact) mass is 562 g/mol. The molecule has 0 aliphatic carbocycles. The minimum atomic E-state index is -0.496. The van der Waals surface area contributed by atoms with Gasteiger partial charge in [0.2, 0.25) is 0 Å². The average Bonchev–Trinajstić information content (AvgIpc) is 2.88. The van der Waals surface area contributed by atoms with Crippen molar-refractivity contribution in [2.24, 2.45) is 11.8 Å². The summed E-state index contributed by atoms with van der Waals surface area (Å²) in [5.74, 6) is 2.12. The van der Waals surface area contributed by atoms with E-state index in [2.05, 4.69) is 0 Å². The van der Waals surface area contributed by atoms with Crippen molar-refractivity contribution in [2.75, 3.05) is 46.0 Å². The van der Waals surface area contributed by atoms with Crippen LogP contribution in [0.25, 0.3) is 0 Å². The maximum absolute atomic E-state index is 12.4. The van der Waals surface area contributed by atoms with Crippen molar-refractivity contribution in [3.05, 3.63) is 23.8 Å². The molecule has 0 atom stereocenters. The second kappa shape index (κ2) is 14.3. The Bertz CT molecular complexity index is 953. The summed E-state index contributed by atoms with van der Waals surface area (Å²) in [5.41, 5.74) is 0.108. The Hall–Kier alpha value is -2.68. The van der Waals surface area contributed by atoms with Gasteiger partial charge in [-0.1, -0.05) is 6.07 Å². The highest BCUT2D eigenvalue weighted by Gasteiger charge is 2.29. The number of ether oxygens (including phenoxy) is 4. The summed E-state index contributed by atoms with van der Waals surface area (Å²) in [5, 5.41) is 9.26. The van der Waals surface area contributed by atoms with Crippen LogP contribution in [0.2, 0.25) is 0 Å². The number of carbonyl (C=O) groups excluding carboxylic acids is 2. The van der Waals surface area contributed by atoms with Crippen molar-refractivity contribution in [2.45, 2.75) is 91.3 Å². The van der Waals surface area contributed by atoms with E-state index in [9.17, 15) is 14.7 Å². The van der Waals surface area contributed by atoms with E-state index in [1.54, 1.807) is 9.80 Å². The molecule has 3 rings (SSSR count). The van der Waals surface area contributed by atoms with Crippen LogP contribution in [0.4, 0.5) is 9.59 Å². The molecule has 9 nitrogen and oxygen atoms in total. The lowest BCUT2D eigenvalue weighted by atomic mass is 9.98. The Morgan fingerprint density at radius 2 is 1.23 bits per heavy atom. The molecule has 2 aliphatic heterocycles. The first-order valence-corrected chi connectivity index (χ1v) is 14.8. The van der Waals surface area contributed by atoms with Gasteiger partial charge in [-0.3, -0.25) is 0 Å². The number of likely N-dealkylation sites (tertiary alicyclic amines) is 2. The molecule has 1 N–H and O–H groups in total. The van der Waals surface area contributed by atoms with Crippen LogP contribution >= 0.6 is 0 Å². The van der Waals surface area contributed by atoms with E-state index in [1.165, 1.54) is 0 Å². The second-order valence-corrected chi connectivity index (χ2v) is 13.1. The number of hydrogen-bond acceptors (Lipinski definition) is 7. The lowest BCUT2D eigenvalue weighted by molar-refractivity contribution is 0.0150. The smallest absolute Gasteiger partial charge is 0.410 e. The van der Waals surface area contributed by atoms with Crippen LogP contribution in [0.15, 0.2) is 18.2 Å². The Kier molecular flexibility index (Phi) is 11.4. The molecule has 0 aromatic heterocycles. The van der Waals surface area contributed by atoms with E-state index in [0.29, 0.717) is 63.4 Å². The van der Waals surface area contributed by atoms with Gasteiger partial charge >= 0.3 is 12.2 Å². The second-order valence-electron chi connectivity index (χ2n) is 13.1. The number of nitrogens with zero attached hydrogens (tertiary/aromatic N) is 2. The predicted molar refractivity (Wildman–Crippen MR) is 154 cm³/mol. The van der Waals surface area contributed by atoms with E-state index in [4.69, 9.17) is 18.9 Å². The van der Waals surface area contributed by atoms with E-state index in [0.717, 1.165) is 43.4 Å². The predicted octanol–water partition coefficient (Wildman–Crippen LogP) is 5.66. The number of rotatable bonds is 9. The first kappa shape index (κ1) is 31.8. The van der Waals surface area contributed by atoms with E-state index in [1.807, 2.05) is 59.7 Å². The average molecular weight is 563 g/mol. The van der Waals surface area contributed by atoms with Crippen LogP contribution in [0, 0.1) is 11.8 Å². The molecular weight excluding hydrogens is 512 g/mol. The maximum atomic E-state index is 12.4. The first-order valence-electron chi connectivity index (χ1n) is 14.8. The van der Waals surface area contributed by atoms with Gasteiger partial charge in [-0.25, -0.2) is 9.59 Å². The largest absolute Gasteiger partial charge is 0.489 e. The molecule has 0 spiro atoms. The number of amides is 2. The molecule has 2 amide bonds. The Morgan fingerprint density at radius 3 is 1.65 bits per heavy atom. The number of aryl methyl sites for hydroxylation is 1. The molecule has 2 fully saturated rings. The van der Waals surface area contributed by atoms with Crippen LogP contribution < -0.4 is 9.47 Å². The van der Waals surface area contributed by atoms with Crippen LogP contribution in [0.5, 0.6) is 11.5 Å². The van der Waals surface area contributed by atoms with Crippen molar-refractivity contribution in [1.82, 2.24) is 9.80 Å². The standard InChI is InChI=1S/C31H50N2O7/c1-30(2,3)39-28(35)32-15-11-24(12-16-32)21-37-26-10-9-23(8-7-19-34)20-27(26)38-22-25-13-17-33(18-14-25)29(36)40-31(4,5)6/h9-10,20,24-25,34H,7-8,11-19,21-22H2,1-6H3. The highest BCUT2D eigenvalue weighted by Crippen LogP contribution is 2.32. The lowest BCUT2D eigenvalue weighted by Crippen LogP contribution is -2.42. The maximum Gasteiger partial charge on any atom is 0.410 e. The highest BCUT2D eigenvalue weighted by atomic mass is 16.6. The van der Waals surface area contributed by atoms with Gasteiger partial charge in [-0.05, 0) is 110 Å². The number of carbonyl (C=O) groups is 2. The SMILES string of the molecule is CC(C)(C)OC(=O)N1CCC(COc2ccc(CCCO)cc2OCC2CCN(C(=O)OC(C)(C)C)CC2)CC1. The zero-order valence-electron chi connectivity index (χ0n) is 25.4. The molecule has 2 aliphatic rings. The Morgan fingerprint density at radius 1 is 0.775 bits per heavy atom. The molecule has 0 radical (unpaired) electrons. The number of aliphatic hydroxyl groups excluding tert-OH is 1. The normalized spacial score (nSPS) is 17.5. The summed E-state index contributed by atoms with van der Waals surface area (Å²) in [6.45, 7) is 15.2. The van der Waals surface area contributed by atoms with Gasteiger partial charge in [-0.2, -0.15) is 0 Å². The van der Waals surface area contributed by atoms with E-state index in [-0.39, 0.29) is 18.8 Å². The zero-order valence-corrected chi connectivity index (χ0v) is 25.4. The summed E-state index contributed by atoms with van der Waals surface area (Å²) in [6.07, 6.45) is 4.39. The minimum Gasteiger partial charge on any atom is -0.489 e. The quantitative estimate of drug-likeness (QED) is 0.415. The molecular formula is C31H50N2O7. The molecule has 2 heterocycles. The Balaban J connectivity index is 1.52. The molecule has 0 unspecified atom stereocenters. The van der Waals surface area contributed by atoms with Crippen molar-refractivity contribution in [3.63, 3.8) is 0 Å². The fourth-order valence-electron chi connectivity index (χ4n) is 4.86. The molecule has 0 saturated carbocycles. The fraction of sp³-hybridized carbons (Fsp3) is 0.742. The van der Waals surface area contributed by atoms with Gasteiger partial charge in [0.05, 0.1) is 13.2 Å². The molecule has 1 aromatic rings. The summed E-state index contributed by atoms with van der Waals surface area (Å²) in [7, 11) is 0. The third-order valence-electron chi connectivity index (χ3n) is 7.11. The summed E-state index contributed by atoms with van der Waals surface area (Å²) < 4.78 is 23.6. The number of piperidine rings is 2. The molecule has 226 valence electrons.